The van der Waals surface area contributed by atoms with Crippen molar-refractivity contribution in [2.24, 2.45) is 0 Å². The fourth-order valence-electron chi connectivity index (χ4n) is 2.09. The van der Waals surface area contributed by atoms with Crippen LogP contribution in [0.15, 0.2) is 0 Å². The zero-order valence-electron chi connectivity index (χ0n) is 9.12. The number of hydrogen-bond acceptors (Lipinski definition) is 3. The number of hydrogen-bond donors (Lipinski definition) is 1. The molecule has 1 N–H and O–H groups in total. The Bertz CT molecular complexity index is 200. The average molecular weight is 212 g/mol. The van der Waals surface area contributed by atoms with Crippen molar-refractivity contribution >= 4 is 11.8 Å². The van der Waals surface area contributed by atoms with Crippen LogP contribution in [0, 0.1) is 11.3 Å². The minimum Gasteiger partial charge on any atom is -0.309 e. The maximum Gasteiger partial charge on any atom is 0.0638 e. The zero-order chi connectivity index (χ0) is 10.4. The van der Waals surface area contributed by atoms with E-state index in [1.165, 1.54) is 25.0 Å². The van der Waals surface area contributed by atoms with Crippen molar-refractivity contribution in [1.82, 2.24) is 5.32 Å². The molecule has 0 aromatic carbocycles. The summed E-state index contributed by atoms with van der Waals surface area (Å²) in [5.74, 6) is 1.20. The number of nitrogens with one attached hydrogen (secondary N) is 1. The van der Waals surface area contributed by atoms with Crippen molar-refractivity contribution < 1.29 is 0 Å². The summed E-state index contributed by atoms with van der Waals surface area (Å²) in [6.07, 6.45) is 4.59. The molecule has 0 saturated heterocycles. The third-order valence-corrected chi connectivity index (χ3v) is 4.06. The topological polar surface area (TPSA) is 35.8 Å². The molecule has 3 unspecified atom stereocenters. The lowest BCUT2D eigenvalue weighted by molar-refractivity contribution is 0.460. The predicted molar refractivity (Wildman–Crippen MR) is 62.4 cm³/mol. The molecule has 14 heavy (non-hydrogen) atoms. The Morgan fingerprint density at radius 1 is 1.57 bits per heavy atom. The van der Waals surface area contributed by atoms with Gasteiger partial charge in [0.15, 0.2) is 0 Å². The van der Waals surface area contributed by atoms with Gasteiger partial charge in [0, 0.05) is 17.3 Å². The summed E-state index contributed by atoms with van der Waals surface area (Å²) in [5.41, 5.74) is 0. The van der Waals surface area contributed by atoms with Gasteiger partial charge in [-0.05, 0) is 25.5 Å². The Morgan fingerprint density at radius 2 is 2.36 bits per heavy atom. The average Bonchev–Trinajstić information content (AvgIpc) is 2.54. The van der Waals surface area contributed by atoms with E-state index in [9.17, 15) is 0 Å². The summed E-state index contributed by atoms with van der Waals surface area (Å²) >= 11 is 2.06. The highest BCUT2D eigenvalue weighted by Gasteiger charge is 2.27. The van der Waals surface area contributed by atoms with Gasteiger partial charge in [-0.3, -0.25) is 0 Å². The van der Waals surface area contributed by atoms with E-state index >= 15 is 0 Å². The molecule has 80 valence electrons. The fraction of sp³-hybridized carbons (Fsp3) is 0.909. The predicted octanol–water partition coefficient (Wildman–Crippen LogP) is 2.55. The minimum atomic E-state index is 0.350. The zero-order valence-corrected chi connectivity index (χ0v) is 9.94. The first kappa shape index (κ1) is 11.9. The van der Waals surface area contributed by atoms with Crippen molar-refractivity contribution in [1.29, 1.82) is 5.26 Å². The molecule has 1 aliphatic rings. The van der Waals surface area contributed by atoms with Gasteiger partial charge >= 0.3 is 0 Å². The largest absolute Gasteiger partial charge is 0.309 e. The van der Waals surface area contributed by atoms with Crippen molar-refractivity contribution in [3.05, 3.63) is 0 Å². The molecule has 0 aromatic rings. The van der Waals surface area contributed by atoms with Gasteiger partial charge in [-0.15, -0.1) is 0 Å². The monoisotopic (exact) mass is 212 g/mol. The van der Waals surface area contributed by atoms with Crippen molar-refractivity contribution in [2.45, 2.75) is 56.9 Å². The van der Waals surface area contributed by atoms with Crippen molar-refractivity contribution in [3.8, 4) is 6.07 Å². The molecule has 0 spiro atoms. The molecule has 2 nitrogen and oxygen atoms in total. The number of nitrogens with zero attached hydrogens (tertiary/aromatic N) is 1. The molecule has 0 aromatic heterocycles. The van der Waals surface area contributed by atoms with E-state index in [-0.39, 0.29) is 0 Å². The SMILES string of the molecule is CCSC1CCCC1NC(C)CC#N. The van der Waals surface area contributed by atoms with Crippen molar-refractivity contribution in [3.63, 3.8) is 0 Å². The minimum absolute atomic E-state index is 0.350. The van der Waals surface area contributed by atoms with E-state index in [4.69, 9.17) is 5.26 Å². The van der Waals surface area contributed by atoms with Gasteiger partial charge in [0.1, 0.15) is 0 Å². The molecule has 0 heterocycles. The Balaban J connectivity index is 2.32. The maximum atomic E-state index is 8.58. The first-order valence-electron chi connectivity index (χ1n) is 5.52. The van der Waals surface area contributed by atoms with Crippen LogP contribution < -0.4 is 5.32 Å². The van der Waals surface area contributed by atoms with Crippen LogP contribution in [0.3, 0.4) is 0 Å². The first-order chi connectivity index (χ1) is 6.77. The Labute approximate surface area is 91.4 Å². The van der Waals surface area contributed by atoms with E-state index in [1.54, 1.807) is 0 Å². The number of thioether (sulfide) groups is 1. The highest BCUT2D eigenvalue weighted by molar-refractivity contribution is 7.99. The Hall–Kier alpha value is -0.200. The summed E-state index contributed by atoms with van der Waals surface area (Å²) in [6.45, 7) is 4.33. The van der Waals surface area contributed by atoms with Crippen LogP contribution in [0.1, 0.15) is 39.5 Å². The molecular formula is C11H20N2S. The van der Waals surface area contributed by atoms with Gasteiger partial charge < -0.3 is 5.32 Å². The molecule has 0 bridgehead atoms. The van der Waals surface area contributed by atoms with Crippen LogP contribution in [0.25, 0.3) is 0 Å². The van der Waals surface area contributed by atoms with Gasteiger partial charge in [0.2, 0.25) is 0 Å². The van der Waals surface area contributed by atoms with E-state index in [0.29, 0.717) is 18.5 Å². The summed E-state index contributed by atoms with van der Waals surface area (Å²) in [6, 6.07) is 3.21. The van der Waals surface area contributed by atoms with Crippen LogP contribution in [0.5, 0.6) is 0 Å². The molecule has 1 fully saturated rings. The van der Waals surface area contributed by atoms with Crippen LogP contribution in [-0.4, -0.2) is 23.1 Å². The van der Waals surface area contributed by atoms with Gasteiger partial charge in [-0.25, -0.2) is 0 Å². The lowest BCUT2D eigenvalue weighted by Crippen LogP contribution is -2.40. The normalized spacial score (nSPS) is 28.6. The Morgan fingerprint density at radius 3 is 3.00 bits per heavy atom. The summed E-state index contributed by atoms with van der Waals surface area (Å²) in [4.78, 5) is 0. The summed E-state index contributed by atoms with van der Waals surface area (Å²) < 4.78 is 0. The smallest absolute Gasteiger partial charge is 0.0638 e. The molecular weight excluding hydrogens is 192 g/mol. The van der Waals surface area contributed by atoms with Crippen LogP contribution in [0.2, 0.25) is 0 Å². The Kier molecular flexibility index (Phi) is 5.36. The number of rotatable bonds is 5. The molecule has 3 atom stereocenters. The second-order valence-corrected chi connectivity index (χ2v) is 5.48. The van der Waals surface area contributed by atoms with E-state index in [1.807, 2.05) is 0 Å². The lowest BCUT2D eigenvalue weighted by atomic mass is 10.2. The maximum absolute atomic E-state index is 8.58. The fourth-order valence-corrected chi connectivity index (χ4v) is 3.30. The standard InChI is InChI=1S/C11H20N2S/c1-3-14-11-6-4-5-10(11)13-9(2)7-8-12/h9-11,13H,3-7H2,1-2H3. The first-order valence-corrected chi connectivity index (χ1v) is 6.57. The molecule has 1 aliphatic carbocycles. The summed E-state index contributed by atoms with van der Waals surface area (Å²) in [5, 5.41) is 12.9. The van der Waals surface area contributed by atoms with E-state index in [2.05, 4.69) is 37.0 Å². The highest BCUT2D eigenvalue weighted by atomic mass is 32.2. The van der Waals surface area contributed by atoms with Gasteiger partial charge in [-0.2, -0.15) is 17.0 Å². The molecule has 0 amide bonds. The van der Waals surface area contributed by atoms with Crippen LogP contribution in [0.4, 0.5) is 0 Å². The van der Waals surface area contributed by atoms with Crippen LogP contribution in [-0.2, 0) is 0 Å². The molecule has 0 radical (unpaired) electrons. The highest BCUT2D eigenvalue weighted by Crippen LogP contribution is 2.30. The lowest BCUT2D eigenvalue weighted by Gasteiger charge is -2.23. The van der Waals surface area contributed by atoms with Crippen LogP contribution >= 0.6 is 11.8 Å². The van der Waals surface area contributed by atoms with E-state index < -0.39 is 0 Å². The quantitative estimate of drug-likeness (QED) is 0.761. The second kappa shape index (κ2) is 6.31. The van der Waals surface area contributed by atoms with Gasteiger partial charge in [-0.1, -0.05) is 13.3 Å². The van der Waals surface area contributed by atoms with Gasteiger partial charge in [0.25, 0.3) is 0 Å². The van der Waals surface area contributed by atoms with Gasteiger partial charge in [0.05, 0.1) is 12.5 Å². The second-order valence-electron chi connectivity index (χ2n) is 3.96. The molecule has 3 heteroatoms. The third kappa shape index (κ3) is 3.51. The third-order valence-electron chi connectivity index (χ3n) is 2.73. The number of nitriles is 1. The molecule has 1 rings (SSSR count). The molecule has 1 saturated carbocycles. The molecule has 0 aliphatic heterocycles. The van der Waals surface area contributed by atoms with E-state index in [0.717, 1.165) is 5.25 Å². The van der Waals surface area contributed by atoms with Crippen molar-refractivity contribution in [2.75, 3.05) is 5.75 Å². The summed E-state index contributed by atoms with van der Waals surface area (Å²) in [7, 11) is 0.